The van der Waals surface area contributed by atoms with E-state index in [1.165, 1.54) is 30.3 Å². The van der Waals surface area contributed by atoms with Gasteiger partial charge in [-0.2, -0.15) is 0 Å². The number of nitro benzene ring substituents is 2. The Bertz CT molecular complexity index is 1030. The molecular formula is C15H8ClN3O6. The zero-order chi connectivity index (χ0) is 18.1. The fraction of sp³-hybridized carbons (Fsp3) is 0. The number of furan rings is 1. The van der Waals surface area contributed by atoms with Crippen LogP contribution >= 0.6 is 11.6 Å². The number of fused-ring (bicyclic) bond motifs is 1. The Morgan fingerprint density at radius 2 is 1.84 bits per heavy atom. The number of rotatable bonds is 4. The molecule has 1 amide bonds. The summed E-state index contributed by atoms with van der Waals surface area (Å²) in [6, 6.07) is 7.67. The SMILES string of the molecule is O=C(Nc1ccc(Cl)c([N+](=O)[O-])c1)c1coc2ccc([N+](=O)[O-])cc12. The number of hydrogen-bond donors (Lipinski definition) is 1. The second-order valence-electron chi connectivity index (χ2n) is 4.96. The molecule has 1 N–H and O–H groups in total. The monoisotopic (exact) mass is 361 g/mol. The Labute approximate surface area is 144 Å². The van der Waals surface area contributed by atoms with Crippen LogP contribution in [0, 0.1) is 20.2 Å². The number of anilines is 1. The lowest BCUT2D eigenvalue weighted by Crippen LogP contribution is -2.11. The minimum absolute atomic E-state index is 0.0626. The zero-order valence-electron chi connectivity index (χ0n) is 12.3. The van der Waals surface area contributed by atoms with E-state index in [0.717, 1.165) is 12.3 Å². The van der Waals surface area contributed by atoms with Gasteiger partial charge in [0.25, 0.3) is 17.3 Å². The number of nitrogens with zero attached hydrogens (tertiary/aromatic N) is 2. The lowest BCUT2D eigenvalue weighted by Gasteiger charge is -2.04. The van der Waals surface area contributed by atoms with Gasteiger partial charge in [-0.3, -0.25) is 25.0 Å². The highest BCUT2D eigenvalue weighted by atomic mass is 35.5. The van der Waals surface area contributed by atoms with Crippen LogP contribution in [0.3, 0.4) is 0 Å². The Morgan fingerprint density at radius 3 is 2.52 bits per heavy atom. The molecule has 25 heavy (non-hydrogen) atoms. The van der Waals surface area contributed by atoms with Crippen LogP contribution in [0.2, 0.25) is 5.02 Å². The first kappa shape index (κ1) is 16.4. The van der Waals surface area contributed by atoms with Crippen molar-refractivity contribution in [2.24, 2.45) is 0 Å². The topological polar surface area (TPSA) is 129 Å². The van der Waals surface area contributed by atoms with E-state index in [4.69, 9.17) is 16.0 Å². The lowest BCUT2D eigenvalue weighted by molar-refractivity contribution is -0.384. The first-order valence-electron chi connectivity index (χ1n) is 6.78. The van der Waals surface area contributed by atoms with Crippen molar-refractivity contribution in [1.29, 1.82) is 0 Å². The van der Waals surface area contributed by atoms with Gasteiger partial charge in [-0.05, 0) is 18.2 Å². The van der Waals surface area contributed by atoms with Crippen LogP contribution in [-0.2, 0) is 0 Å². The van der Waals surface area contributed by atoms with Gasteiger partial charge < -0.3 is 9.73 Å². The van der Waals surface area contributed by atoms with Crippen molar-refractivity contribution in [3.63, 3.8) is 0 Å². The number of non-ortho nitro benzene ring substituents is 1. The van der Waals surface area contributed by atoms with Gasteiger partial charge in [-0.1, -0.05) is 11.6 Å². The van der Waals surface area contributed by atoms with Crippen molar-refractivity contribution in [3.05, 3.63) is 73.5 Å². The predicted octanol–water partition coefficient (Wildman–Crippen LogP) is 4.15. The molecule has 0 aliphatic rings. The number of benzene rings is 2. The number of amides is 1. The van der Waals surface area contributed by atoms with Gasteiger partial charge in [-0.15, -0.1) is 0 Å². The maximum absolute atomic E-state index is 12.4. The molecule has 10 heteroatoms. The molecule has 126 valence electrons. The van der Waals surface area contributed by atoms with Gasteiger partial charge in [0.2, 0.25) is 0 Å². The van der Waals surface area contributed by atoms with Crippen LogP contribution in [0.1, 0.15) is 10.4 Å². The summed E-state index contributed by atoms with van der Waals surface area (Å²) >= 11 is 5.72. The third-order valence-electron chi connectivity index (χ3n) is 3.41. The van der Waals surface area contributed by atoms with Crippen LogP contribution in [0.4, 0.5) is 17.1 Å². The van der Waals surface area contributed by atoms with Crippen molar-refractivity contribution in [1.82, 2.24) is 0 Å². The summed E-state index contributed by atoms with van der Waals surface area (Å²) < 4.78 is 5.21. The molecule has 0 atom stereocenters. The van der Waals surface area contributed by atoms with Gasteiger partial charge in [0.05, 0.1) is 15.4 Å². The summed E-state index contributed by atoms with van der Waals surface area (Å²) in [5.41, 5.74) is -0.0211. The molecular weight excluding hydrogens is 354 g/mol. The second-order valence-corrected chi connectivity index (χ2v) is 5.37. The predicted molar refractivity (Wildman–Crippen MR) is 88.9 cm³/mol. The summed E-state index contributed by atoms with van der Waals surface area (Å²) in [6.07, 6.45) is 1.16. The Balaban J connectivity index is 1.95. The highest BCUT2D eigenvalue weighted by Crippen LogP contribution is 2.29. The minimum Gasteiger partial charge on any atom is -0.463 e. The normalized spacial score (nSPS) is 10.6. The summed E-state index contributed by atoms with van der Waals surface area (Å²) in [5.74, 6) is -0.629. The van der Waals surface area contributed by atoms with Gasteiger partial charge in [0.15, 0.2) is 0 Å². The Hall–Kier alpha value is -3.46. The van der Waals surface area contributed by atoms with E-state index in [9.17, 15) is 25.0 Å². The smallest absolute Gasteiger partial charge is 0.289 e. The molecule has 1 heterocycles. The number of carbonyl (C=O) groups excluding carboxylic acids is 1. The molecule has 0 spiro atoms. The Morgan fingerprint density at radius 1 is 1.08 bits per heavy atom. The molecule has 0 bridgehead atoms. The largest absolute Gasteiger partial charge is 0.463 e. The van der Waals surface area contributed by atoms with Crippen LogP contribution in [-0.4, -0.2) is 15.8 Å². The summed E-state index contributed by atoms with van der Waals surface area (Å²) in [7, 11) is 0. The second kappa shape index (κ2) is 6.21. The highest BCUT2D eigenvalue weighted by Gasteiger charge is 2.19. The fourth-order valence-corrected chi connectivity index (χ4v) is 2.42. The molecule has 1 aromatic heterocycles. The molecule has 0 aliphatic carbocycles. The van der Waals surface area contributed by atoms with Crippen molar-refractivity contribution < 1.29 is 19.1 Å². The fourth-order valence-electron chi connectivity index (χ4n) is 2.24. The van der Waals surface area contributed by atoms with Crippen molar-refractivity contribution in [2.45, 2.75) is 0 Å². The molecule has 0 saturated carbocycles. The Kier molecular flexibility index (Phi) is 4.07. The quantitative estimate of drug-likeness (QED) is 0.548. The van der Waals surface area contributed by atoms with Crippen LogP contribution < -0.4 is 5.32 Å². The van der Waals surface area contributed by atoms with E-state index in [0.29, 0.717) is 5.58 Å². The van der Waals surface area contributed by atoms with Crippen molar-refractivity contribution in [3.8, 4) is 0 Å². The third kappa shape index (κ3) is 3.12. The molecule has 3 aromatic rings. The minimum atomic E-state index is -0.672. The van der Waals surface area contributed by atoms with Gasteiger partial charge in [0.1, 0.15) is 16.9 Å². The number of nitrogens with one attached hydrogen (secondary N) is 1. The first-order chi connectivity index (χ1) is 11.9. The molecule has 0 unspecified atom stereocenters. The number of halogens is 1. The maximum Gasteiger partial charge on any atom is 0.289 e. The number of hydrogen-bond acceptors (Lipinski definition) is 6. The third-order valence-corrected chi connectivity index (χ3v) is 3.73. The summed E-state index contributed by atoms with van der Waals surface area (Å²) in [4.78, 5) is 32.9. The molecule has 0 saturated heterocycles. The average Bonchev–Trinajstić information content (AvgIpc) is 2.99. The molecule has 0 fully saturated rings. The lowest BCUT2D eigenvalue weighted by atomic mass is 10.1. The number of nitro groups is 2. The van der Waals surface area contributed by atoms with Gasteiger partial charge in [-0.25, -0.2) is 0 Å². The van der Waals surface area contributed by atoms with Crippen LogP contribution in [0.15, 0.2) is 47.1 Å². The highest BCUT2D eigenvalue weighted by molar-refractivity contribution is 6.32. The summed E-state index contributed by atoms with van der Waals surface area (Å²) in [6.45, 7) is 0. The van der Waals surface area contributed by atoms with Crippen molar-refractivity contribution in [2.75, 3.05) is 5.32 Å². The molecule has 2 aromatic carbocycles. The first-order valence-corrected chi connectivity index (χ1v) is 7.15. The molecule has 9 nitrogen and oxygen atoms in total. The average molecular weight is 362 g/mol. The van der Waals surface area contributed by atoms with E-state index in [1.807, 2.05) is 0 Å². The standard InChI is InChI=1S/C15H8ClN3O6/c16-12-3-1-8(5-13(12)19(23)24)17-15(20)11-7-25-14-4-2-9(18(21)22)6-10(11)14/h1-7H,(H,17,20). The summed E-state index contributed by atoms with van der Waals surface area (Å²) in [5, 5.41) is 24.4. The molecule has 0 aliphatic heterocycles. The van der Waals surface area contributed by atoms with Gasteiger partial charge >= 0.3 is 0 Å². The number of carbonyl (C=O) groups is 1. The van der Waals surface area contributed by atoms with Gasteiger partial charge in [0, 0.05) is 29.3 Å². The van der Waals surface area contributed by atoms with E-state index in [1.54, 1.807) is 0 Å². The van der Waals surface area contributed by atoms with E-state index >= 15 is 0 Å². The van der Waals surface area contributed by atoms with Crippen LogP contribution in [0.5, 0.6) is 0 Å². The molecule has 0 radical (unpaired) electrons. The van der Waals surface area contributed by atoms with Crippen molar-refractivity contribution >= 4 is 45.5 Å². The van der Waals surface area contributed by atoms with E-state index in [-0.39, 0.29) is 33.0 Å². The molecule has 3 rings (SSSR count). The zero-order valence-corrected chi connectivity index (χ0v) is 13.0. The van der Waals surface area contributed by atoms with Crippen LogP contribution in [0.25, 0.3) is 11.0 Å². The van der Waals surface area contributed by atoms with E-state index < -0.39 is 15.8 Å². The van der Waals surface area contributed by atoms with E-state index in [2.05, 4.69) is 5.32 Å². The maximum atomic E-state index is 12.4.